The zero-order valence-corrected chi connectivity index (χ0v) is 16.3. The van der Waals surface area contributed by atoms with Gasteiger partial charge in [-0.05, 0) is 47.7 Å². The molecule has 0 atom stereocenters. The van der Waals surface area contributed by atoms with Crippen molar-refractivity contribution < 1.29 is 18.3 Å². The Morgan fingerprint density at radius 3 is 2.52 bits per heavy atom. The van der Waals surface area contributed by atoms with Crippen LogP contribution < -0.4 is 9.47 Å². The predicted octanol–water partition coefficient (Wildman–Crippen LogP) is 5.64. The fraction of sp³-hybridized carbons (Fsp3) is 0.278. The number of halogens is 3. The molecule has 2 rings (SSSR count). The van der Waals surface area contributed by atoms with Gasteiger partial charge in [-0.15, -0.1) is 0 Å². The zero-order chi connectivity index (χ0) is 18.4. The van der Waals surface area contributed by atoms with Gasteiger partial charge in [-0.1, -0.05) is 12.1 Å². The van der Waals surface area contributed by atoms with E-state index in [9.17, 15) is 8.78 Å². The lowest BCUT2D eigenvalue weighted by Gasteiger charge is -2.15. The molecule has 0 aliphatic heterocycles. The molecule has 7 heteroatoms. The molecule has 0 radical (unpaired) electrons. The maximum absolute atomic E-state index is 13.5. The number of para-hydroxylation sites is 1. The van der Waals surface area contributed by atoms with Crippen molar-refractivity contribution in [3.8, 4) is 17.2 Å². The van der Waals surface area contributed by atoms with E-state index in [-0.39, 0.29) is 17.0 Å². The van der Waals surface area contributed by atoms with E-state index < -0.39 is 6.43 Å². The molecule has 25 heavy (non-hydrogen) atoms. The highest BCUT2D eigenvalue weighted by atomic mass is 127. The van der Waals surface area contributed by atoms with Crippen LogP contribution >= 0.6 is 22.6 Å². The van der Waals surface area contributed by atoms with Crippen LogP contribution in [-0.2, 0) is 0 Å². The van der Waals surface area contributed by atoms with E-state index in [1.165, 1.54) is 25.6 Å². The molecule has 0 spiro atoms. The van der Waals surface area contributed by atoms with Gasteiger partial charge in [-0.3, -0.25) is 0 Å². The first-order chi connectivity index (χ1) is 12.0. The van der Waals surface area contributed by atoms with Crippen molar-refractivity contribution in [2.45, 2.75) is 13.3 Å². The van der Waals surface area contributed by atoms with E-state index in [4.69, 9.17) is 9.47 Å². The van der Waals surface area contributed by atoms with Crippen LogP contribution in [0.15, 0.2) is 41.4 Å². The number of methoxy groups -OCH3 is 1. The Bertz CT molecular complexity index is 754. The minimum atomic E-state index is -2.68. The quantitative estimate of drug-likeness (QED) is 0.305. The summed E-state index contributed by atoms with van der Waals surface area (Å²) in [6.45, 7) is 2.66. The van der Waals surface area contributed by atoms with Gasteiger partial charge in [0.15, 0.2) is 11.5 Å². The molecule has 0 heterocycles. The van der Waals surface area contributed by atoms with Gasteiger partial charge in [0.2, 0.25) is 0 Å². The van der Waals surface area contributed by atoms with Crippen molar-refractivity contribution in [2.24, 2.45) is 4.99 Å². The summed E-state index contributed by atoms with van der Waals surface area (Å²) in [6.07, 6.45) is -1.16. The summed E-state index contributed by atoms with van der Waals surface area (Å²) in [5.74, 6) is 1.14. The molecule has 0 aliphatic carbocycles. The van der Waals surface area contributed by atoms with Crippen LogP contribution in [-0.4, -0.2) is 31.9 Å². The summed E-state index contributed by atoms with van der Waals surface area (Å²) < 4.78 is 38.9. The van der Waals surface area contributed by atoms with Gasteiger partial charge in [0.1, 0.15) is 5.75 Å². The van der Waals surface area contributed by atoms with Crippen molar-refractivity contribution in [3.05, 3.63) is 45.5 Å². The van der Waals surface area contributed by atoms with E-state index in [2.05, 4.69) is 27.6 Å². The third-order valence-electron chi connectivity index (χ3n) is 3.50. The second-order valence-corrected chi connectivity index (χ2v) is 6.38. The van der Waals surface area contributed by atoms with Gasteiger partial charge in [-0.25, -0.2) is 13.8 Å². The molecule has 0 aromatic heterocycles. The van der Waals surface area contributed by atoms with Crippen LogP contribution in [0.5, 0.6) is 17.2 Å². The fourth-order valence-electron chi connectivity index (χ4n) is 1.98. The normalized spacial score (nSPS) is 11.2. The van der Waals surface area contributed by atoms with Gasteiger partial charge in [0.25, 0.3) is 6.43 Å². The first kappa shape index (κ1) is 19.4. The molecule has 0 N–H and O–H groups in total. The molecule has 0 fully saturated rings. The predicted molar refractivity (Wildman–Crippen MR) is 104 cm³/mol. The van der Waals surface area contributed by atoms with Crippen LogP contribution in [0.3, 0.4) is 0 Å². The van der Waals surface area contributed by atoms with Crippen molar-refractivity contribution in [1.82, 2.24) is 4.90 Å². The lowest BCUT2D eigenvalue weighted by molar-refractivity contribution is 0.151. The number of benzene rings is 2. The third-order valence-corrected chi connectivity index (χ3v) is 4.39. The van der Waals surface area contributed by atoms with E-state index in [0.29, 0.717) is 11.5 Å². The van der Waals surface area contributed by atoms with E-state index in [1.54, 1.807) is 11.0 Å². The average Bonchev–Trinajstić information content (AvgIpc) is 2.61. The highest BCUT2D eigenvalue weighted by molar-refractivity contribution is 14.1. The van der Waals surface area contributed by atoms with Crippen LogP contribution in [0.4, 0.5) is 14.5 Å². The van der Waals surface area contributed by atoms with E-state index in [0.717, 1.165) is 10.1 Å². The summed E-state index contributed by atoms with van der Waals surface area (Å²) >= 11 is 2.12. The van der Waals surface area contributed by atoms with Gasteiger partial charge in [-0.2, -0.15) is 0 Å². The summed E-state index contributed by atoms with van der Waals surface area (Å²) in [7, 11) is 3.28. The Morgan fingerprint density at radius 2 is 1.92 bits per heavy atom. The Labute approximate surface area is 159 Å². The molecular weight excluding hydrogens is 441 g/mol. The Balaban J connectivity index is 2.46. The molecule has 0 amide bonds. The summed E-state index contributed by atoms with van der Waals surface area (Å²) in [5, 5.41) is 0. The Morgan fingerprint density at radius 1 is 1.20 bits per heavy atom. The van der Waals surface area contributed by atoms with Gasteiger partial charge in [0, 0.05) is 25.2 Å². The third kappa shape index (κ3) is 5.04. The number of nitrogens with zero attached hydrogens (tertiary/aromatic N) is 2. The molecule has 0 saturated heterocycles. The number of rotatable bonds is 7. The smallest absolute Gasteiger partial charge is 0.266 e. The maximum atomic E-state index is 13.5. The van der Waals surface area contributed by atoms with Crippen molar-refractivity contribution in [3.63, 3.8) is 0 Å². The second-order valence-electron chi connectivity index (χ2n) is 5.21. The molecule has 0 saturated carbocycles. The van der Waals surface area contributed by atoms with Gasteiger partial charge in [0.05, 0.1) is 22.7 Å². The largest absolute Gasteiger partial charge is 0.493 e. The first-order valence-electron chi connectivity index (χ1n) is 7.63. The molecule has 2 aromatic carbocycles. The number of hydrogen-bond acceptors (Lipinski definition) is 3. The molecular formula is C18H19F2IN2O2. The molecule has 134 valence electrons. The summed E-state index contributed by atoms with van der Waals surface area (Å²) in [5.41, 5.74) is -0.0512. The lowest BCUT2D eigenvalue weighted by atomic mass is 10.1. The fourth-order valence-corrected chi connectivity index (χ4v) is 2.48. The molecule has 2 aromatic rings. The zero-order valence-electron chi connectivity index (χ0n) is 14.2. The van der Waals surface area contributed by atoms with Crippen LogP contribution in [0, 0.1) is 3.57 Å². The highest BCUT2D eigenvalue weighted by Crippen LogP contribution is 2.41. The lowest BCUT2D eigenvalue weighted by Crippen LogP contribution is -2.14. The van der Waals surface area contributed by atoms with Crippen molar-refractivity contribution >= 4 is 34.6 Å². The molecule has 0 aliphatic rings. The summed E-state index contributed by atoms with van der Waals surface area (Å²) in [6, 6.07) is 10.1. The highest BCUT2D eigenvalue weighted by Gasteiger charge is 2.19. The van der Waals surface area contributed by atoms with Crippen LogP contribution in [0.25, 0.3) is 0 Å². The van der Waals surface area contributed by atoms with Crippen molar-refractivity contribution in [2.75, 3.05) is 20.7 Å². The Hall–Kier alpha value is -1.90. The summed E-state index contributed by atoms with van der Waals surface area (Å²) in [4.78, 5) is 5.95. The minimum Gasteiger partial charge on any atom is -0.493 e. The number of alkyl halides is 2. The minimum absolute atomic E-state index is 0.155. The van der Waals surface area contributed by atoms with E-state index in [1.807, 2.05) is 32.2 Å². The van der Waals surface area contributed by atoms with Crippen LogP contribution in [0.2, 0.25) is 0 Å². The first-order valence-corrected chi connectivity index (χ1v) is 8.71. The molecule has 4 nitrogen and oxygen atoms in total. The van der Waals surface area contributed by atoms with Gasteiger partial charge >= 0.3 is 0 Å². The number of hydrogen-bond donors (Lipinski definition) is 0. The molecule has 0 unspecified atom stereocenters. The van der Waals surface area contributed by atoms with Gasteiger partial charge < -0.3 is 14.4 Å². The monoisotopic (exact) mass is 460 g/mol. The molecule has 0 bridgehead atoms. The average molecular weight is 460 g/mol. The topological polar surface area (TPSA) is 34.1 Å². The number of ether oxygens (including phenoxy) is 2. The maximum Gasteiger partial charge on any atom is 0.266 e. The Kier molecular flexibility index (Phi) is 6.98. The standard InChI is InChI=1S/C18H19F2IN2O2/c1-4-23(2)11-22-14-10-16(24-3)17(9-12(14)18(19)20)25-15-8-6-5-7-13(15)21/h5-11,18H,4H2,1-3H3. The van der Waals surface area contributed by atoms with E-state index >= 15 is 0 Å². The second kappa shape index (κ2) is 8.98. The van der Waals surface area contributed by atoms with Crippen LogP contribution in [0.1, 0.15) is 18.9 Å². The van der Waals surface area contributed by atoms with Crippen molar-refractivity contribution in [1.29, 1.82) is 0 Å². The number of aliphatic imine (C=N–C) groups is 1. The SMILES string of the molecule is CCN(C)C=Nc1cc(OC)c(Oc2ccccc2I)cc1C(F)F.